The lowest BCUT2D eigenvalue weighted by atomic mass is 10.1. The van der Waals surface area contributed by atoms with E-state index < -0.39 is 0 Å². The van der Waals surface area contributed by atoms with E-state index in [9.17, 15) is 0 Å². The van der Waals surface area contributed by atoms with E-state index in [1.165, 1.54) is 5.56 Å². The molecule has 1 aliphatic heterocycles. The van der Waals surface area contributed by atoms with E-state index in [0.717, 1.165) is 28.0 Å². The van der Waals surface area contributed by atoms with Crippen molar-refractivity contribution in [2.45, 2.75) is 6.42 Å². The van der Waals surface area contributed by atoms with Crippen LogP contribution in [0.2, 0.25) is 0 Å². The van der Waals surface area contributed by atoms with Gasteiger partial charge in [-0.1, -0.05) is 52.3 Å². The van der Waals surface area contributed by atoms with Crippen LogP contribution in [0.4, 0.5) is 0 Å². The summed E-state index contributed by atoms with van der Waals surface area (Å²) in [4.78, 5) is 9.19. The van der Waals surface area contributed by atoms with Crippen LogP contribution in [-0.4, -0.2) is 14.5 Å². The van der Waals surface area contributed by atoms with E-state index in [1.807, 2.05) is 41.0 Å². The van der Waals surface area contributed by atoms with Gasteiger partial charge >= 0.3 is 0 Å². The Morgan fingerprint density at radius 1 is 1.05 bits per heavy atom. The molecule has 0 spiro atoms. The number of benzene rings is 2. The molecule has 0 radical (unpaired) electrons. The number of fused-ring (bicyclic) bond motifs is 3. The van der Waals surface area contributed by atoms with Crippen LogP contribution in [0.15, 0.2) is 53.0 Å². The first-order chi connectivity index (χ1) is 10.2. The third kappa shape index (κ3) is 2.13. The molecule has 0 bridgehead atoms. The van der Waals surface area contributed by atoms with E-state index in [0.29, 0.717) is 10.6 Å². The fourth-order valence-corrected chi connectivity index (χ4v) is 3.23. The number of halogens is 1. The van der Waals surface area contributed by atoms with Crippen LogP contribution in [0, 0.1) is 4.77 Å². The zero-order valence-corrected chi connectivity index (χ0v) is 13.4. The van der Waals surface area contributed by atoms with Crippen molar-refractivity contribution < 1.29 is 0 Å². The summed E-state index contributed by atoms with van der Waals surface area (Å²) >= 11 is 8.99. The Morgan fingerprint density at radius 3 is 2.67 bits per heavy atom. The van der Waals surface area contributed by atoms with E-state index in [-0.39, 0.29) is 0 Å². The molecule has 1 aromatic heterocycles. The van der Waals surface area contributed by atoms with E-state index in [4.69, 9.17) is 17.2 Å². The molecule has 0 aliphatic carbocycles. The summed E-state index contributed by atoms with van der Waals surface area (Å²) in [6.07, 6.45) is 0.786. The Bertz CT molecular complexity index is 903. The minimum Gasteiger partial charge on any atom is -0.272 e. The van der Waals surface area contributed by atoms with Crippen molar-refractivity contribution in [2.24, 2.45) is 0 Å². The van der Waals surface area contributed by atoms with Crippen molar-refractivity contribution in [1.29, 1.82) is 0 Å². The summed E-state index contributed by atoms with van der Waals surface area (Å²) in [6.45, 7) is 0. The molecular formula is C16H10BrN3S. The van der Waals surface area contributed by atoms with Gasteiger partial charge in [-0.05, 0) is 29.9 Å². The average molecular weight is 356 g/mol. The maximum absolute atomic E-state index is 5.48. The number of rotatable bonds is 1. The van der Waals surface area contributed by atoms with Crippen molar-refractivity contribution in [2.75, 3.05) is 0 Å². The summed E-state index contributed by atoms with van der Waals surface area (Å²) in [7, 11) is 0. The molecule has 3 nitrogen and oxygen atoms in total. The Balaban J connectivity index is 1.93. The fraction of sp³-hybridized carbons (Fsp3) is 0.0625. The highest BCUT2D eigenvalue weighted by Crippen LogP contribution is 2.30. The third-order valence-corrected chi connectivity index (χ3v) is 4.32. The molecule has 2 aromatic carbocycles. The molecular weight excluding hydrogens is 346 g/mol. The Labute approximate surface area is 135 Å². The monoisotopic (exact) mass is 355 g/mol. The molecule has 21 heavy (non-hydrogen) atoms. The standard InChI is InChI=1S/C16H10BrN3S/c17-12-7-6-11-8-14-18-15(10-4-2-1-3-5-10)19-16(21)20(14)13(11)9-12/h1-7,9H,8H2. The Morgan fingerprint density at radius 2 is 1.86 bits per heavy atom. The SMILES string of the molecule is S=c1nc(-c2ccccc2)nc2n1-c1cc(Br)ccc1C2. The first-order valence-corrected chi connectivity index (χ1v) is 7.77. The van der Waals surface area contributed by atoms with Gasteiger partial charge in [0.1, 0.15) is 5.82 Å². The number of hydrogen-bond acceptors (Lipinski definition) is 3. The third-order valence-electron chi connectivity index (χ3n) is 3.55. The van der Waals surface area contributed by atoms with Gasteiger partial charge in [0.05, 0.1) is 5.69 Å². The van der Waals surface area contributed by atoms with Crippen LogP contribution in [-0.2, 0) is 6.42 Å². The quantitative estimate of drug-likeness (QED) is 0.476. The van der Waals surface area contributed by atoms with E-state index in [1.54, 1.807) is 0 Å². The molecule has 0 atom stereocenters. The summed E-state index contributed by atoms with van der Waals surface area (Å²) < 4.78 is 3.54. The molecule has 0 amide bonds. The van der Waals surface area contributed by atoms with Gasteiger partial charge in [-0.15, -0.1) is 0 Å². The highest BCUT2D eigenvalue weighted by molar-refractivity contribution is 9.10. The van der Waals surface area contributed by atoms with Gasteiger partial charge in [0.15, 0.2) is 5.82 Å². The number of nitrogens with zero attached hydrogens (tertiary/aromatic N) is 3. The first-order valence-electron chi connectivity index (χ1n) is 6.56. The summed E-state index contributed by atoms with van der Waals surface area (Å²) in [6, 6.07) is 16.1. The van der Waals surface area contributed by atoms with Gasteiger partial charge in [0.2, 0.25) is 4.77 Å². The largest absolute Gasteiger partial charge is 0.272 e. The zero-order valence-electron chi connectivity index (χ0n) is 11.0. The molecule has 0 saturated heterocycles. The van der Waals surface area contributed by atoms with Gasteiger partial charge in [-0.3, -0.25) is 4.57 Å². The van der Waals surface area contributed by atoms with Crippen LogP contribution in [0.25, 0.3) is 17.1 Å². The minimum atomic E-state index is 0.552. The van der Waals surface area contributed by atoms with E-state index in [2.05, 4.69) is 33.0 Å². The van der Waals surface area contributed by atoms with Crippen molar-refractivity contribution >= 4 is 28.1 Å². The second-order valence-corrected chi connectivity index (χ2v) is 6.18. The van der Waals surface area contributed by atoms with Gasteiger partial charge in [-0.25, -0.2) is 4.98 Å². The minimum absolute atomic E-state index is 0.552. The average Bonchev–Trinajstić information content (AvgIpc) is 2.86. The molecule has 3 aromatic rings. The lowest BCUT2D eigenvalue weighted by Gasteiger charge is -2.07. The molecule has 0 N–H and O–H groups in total. The predicted octanol–water partition coefficient (Wildman–Crippen LogP) is 4.33. The zero-order chi connectivity index (χ0) is 14.4. The fourth-order valence-electron chi connectivity index (χ4n) is 2.59. The van der Waals surface area contributed by atoms with Crippen LogP contribution >= 0.6 is 28.1 Å². The molecule has 2 heterocycles. The normalized spacial score (nSPS) is 12.0. The summed E-state index contributed by atoms with van der Waals surface area (Å²) in [5.74, 6) is 1.64. The number of aromatic nitrogens is 3. The lowest BCUT2D eigenvalue weighted by Crippen LogP contribution is -2.05. The smallest absolute Gasteiger partial charge is 0.207 e. The lowest BCUT2D eigenvalue weighted by molar-refractivity contribution is 0.858. The van der Waals surface area contributed by atoms with Crippen LogP contribution in [0.5, 0.6) is 0 Å². The van der Waals surface area contributed by atoms with Crippen LogP contribution in [0.3, 0.4) is 0 Å². The summed E-state index contributed by atoms with van der Waals surface area (Å²) in [5.41, 5.74) is 3.29. The molecule has 0 fully saturated rings. The van der Waals surface area contributed by atoms with Crippen LogP contribution in [0.1, 0.15) is 11.4 Å². The van der Waals surface area contributed by atoms with E-state index >= 15 is 0 Å². The predicted molar refractivity (Wildman–Crippen MR) is 88.1 cm³/mol. The highest BCUT2D eigenvalue weighted by atomic mass is 79.9. The molecule has 5 heteroatoms. The maximum atomic E-state index is 5.48. The Hall–Kier alpha value is -1.85. The maximum Gasteiger partial charge on any atom is 0.207 e. The number of hydrogen-bond donors (Lipinski definition) is 0. The molecule has 1 aliphatic rings. The van der Waals surface area contributed by atoms with Crippen molar-refractivity contribution in [3.05, 3.63) is 69.2 Å². The van der Waals surface area contributed by atoms with Gasteiger partial charge in [0, 0.05) is 16.5 Å². The molecule has 0 saturated carbocycles. The second kappa shape index (κ2) is 4.86. The molecule has 0 unspecified atom stereocenters. The van der Waals surface area contributed by atoms with Crippen molar-refractivity contribution in [3.63, 3.8) is 0 Å². The topological polar surface area (TPSA) is 30.7 Å². The molecule has 102 valence electrons. The van der Waals surface area contributed by atoms with Gasteiger partial charge in [0.25, 0.3) is 0 Å². The molecule has 4 rings (SSSR count). The van der Waals surface area contributed by atoms with Crippen LogP contribution < -0.4 is 0 Å². The van der Waals surface area contributed by atoms with Crippen molar-refractivity contribution in [3.8, 4) is 17.1 Å². The highest BCUT2D eigenvalue weighted by Gasteiger charge is 2.21. The van der Waals surface area contributed by atoms with Crippen molar-refractivity contribution in [1.82, 2.24) is 14.5 Å². The van der Waals surface area contributed by atoms with Gasteiger partial charge in [-0.2, -0.15) is 4.98 Å². The van der Waals surface area contributed by atoms with Gasteiger partial charge < -0.3 is 0 Å². The Kier molecular flexibility index (Phi) is 2.97. The second-order valence-electron chi connectivity index (χ2n) is 4.90. The first kappa shape index (κ1) is 12.9. The summed E-state index contributed by atoms with van der Waals surface area (Å²) in [5, 5.41) is 0.